The van der Waals surface area contributed by atoms with Crippen molar-refractivity contribution >= 4 is 0 Å². The van der Waals surface area contributed by atoms with Crippen LogP contribution in [0.1, 0.15) is 12.7 Å². The molecule has 0 aliphatic rings. The number of rotatable bonds is 4. The average molecular weight is 237 g/mol. The van der Waals surface area contributed by atoms with Gasteiger partial charge in [-0.25, -0.2) is 8.78 Å². The molecule has 2 aromatic rings. The van der Waals surface area contributed by atoms with E-state index in [2.05, 4.69) is 5.32 Å². The van der Waals surface area contributed by atoms with Gasteiger partial charge in [0, 0.05) is 17.2 Å². The summed E-state index contributed by atoms with van der Waals surface area (Å²) in [5, 5.41) is 3.10. The Morgan fingerprint density at radius 1 is 1.18 bits per heavy atom. The number of halogens is 2. The van der Waals surface area contributed by atoms with Crippen LogP contribution in [0, 0.1) is 11.6 Å². The van der Waals surface area contributed by atoms with Crippen LogP contribution in [0.4, 0.5) is 8.78 Å². The third-order valence-electron chi connectivity index (χ3n) is 2.50. The lowest BCUT2D eigenvalue weighted by Crippen LogP contribution is -2.11. The van der Waals surface area contributed by atoms with Crippen LogP contribution in [-0.4, -0.2) is 6.54 Å². The van der Waals surface area contributed by atoms with Crippen molar-refractivity contribution in [1.29, 1.82) is 0 Å². The zero-order valence-corrected chi connectivity index (χ0v) is 9.47. The van der Waals surface area contributed by atoms with Gasteiger partial charge >= 0.3 is 0 Å². The number of hydrogen-bond donors (Lipinski definition) is 1. The van der Waals surface area contributed by atoms with Crippen LogP contribution >= 0.6 is 0 Å². The minimum atomic E-state index is -0.581. The molecule has 0 aliphatic heterocycles. The maximum atomic E-state index is 13.6. The van der Waals surface area contributed by atoms with E-state index in [0.717, 1.165) is 12.6 Å². The van der Waals surface area contributed by atoms with Crippen LogP contribution in [0.25, 0.3) is 11.1 Å². The van der Waals surface area contributed by atoms with Crippen molar-refractivity contribution in [3.05, 3.63) is 47.9 Å². The van der Waals surface area contributed by atoms with Crippen molar-refractivity contribution in [1.82, 2.24) is 5.32 Å². The van der Waals surface area contributed by atoms with Gasteiger partial charge in [0.1, 0.15) is 17.4 Å². The topological polar surface area (TPSA) is 25.2 Å². The summed E-state index contributed by atoms with van der Waals surface area (Å²) in [5.41, 5.74) is 1.01. The first-order valence-corrected chi connectivity index (χ1v) is 5.45. The molecule has 0 bridgehead atoms. The molecule has 90 valence electrons. The predicted octanol–water partition coefficient (Wildman–Crippen LogP) is 3.33. The zero-order valence-electron chi connectivity index (χ0n) is 9.47. The van der Waals surface area contributed by atoms with Crippen molar-refractivity contribution in [2.24, 2.45) is 0 Å². The Balaban J connectivity index is 2.35. The van der Waals surface area contributed by atoms with Gasteiger partial charge in [-0.3, -0.25) is 0 Å². The summed E-state index contributed by atoms with van der Waals surface area (Å²) in [6.45, 7) is 3.29. The Morgan fingerprint density at radius 2 is 2.00 bits per heavy atom. The predicted molar refractivity (Wildman–Crippen MR) is 61.4 cm³/mol. The van der Waals surface area contributed by atoms with Crippen molar-refractivity contribution in [3.8, 4) is 11.1 Å². The highest BCUT2D eigenvalue weighted by atomic mass is 19.1. The van der Waals surface area contributed by atoms with E-state index in [4.69, 9.17) is 4.42 Å². The van der Waals surface area contributed by atoms with E-state index in [1.807, 2.05) is 6.92 Å². The fourth-order valence-corrected chi connectivity index (χ4v) is 1.66. The van der Waals surface area contributed by atoms with Crippen LogP contribution < -0.4 is 5.32 Å². The first-order chi connectivity index (χ1) is 8.22. The van der Waals surface area contributed by atoms with E-state index in [0.29, 0.717) is 23.4 Å². The second kappa shape index (κ2) is 5.10. The van der Waals surface area contributed by atoms with Crippen LogP contribution in [0.3, 0.4) is 0 Å². The Kier molecular flexibility index (Phi) is 3.54. The van der Waals surface area contributed by atoms with E-state index in [1.165, 1.54) is 18.4 Å². The fourth-order valence-electron chi connectivity index (χ4n) is 1.66. The second-order valence-corrected chi connectivity index (χ2v) is 3.66. The summed E-state index contributed by atoms with van der Waals surface area (Å²) >= 11 is 0. The first kappa shape index (κ1) is 11.8. The van der Waals surface area contributed by atoms with Gasteiger partial charge in [-0.2, -0.15) is 0 Å². The van der Waals surface area contributed by atoms with Crippen LogP contribution in [0.2, 0.25) is 0 Å². The number of benzene rings is 1. The molecule has 1 aromatic heterocycles. The highest BCUT2D eigenvalue weighted by Crippen LogP contribution is 2.27. The van der Waals surface area contributed by atoms with Gasteiger partial charge in [-0.15, -0.1) is 0 Å². The SMILES string of the molecule is CCNCc1occc1-c1ccc(F)cc1F. The quantitative estimate of drug-likeness (QED) is 0.882. The molecule has 17 heavy (non-hydrogen) atoms. The first-order valence-electron chi connectivity index (χ1n) is 5.45. The Morgan fingerprint density at radius 3 is 2.71 bits per heavy atom. The number of furan rings is 1. The van der Waals surface area contributed by atoms with E-state index >= 15 is 0 Å². The third-order valence-corrected chi connectivity index (χ3v) is 2.50. The van der Waals surface area contributed by atoms with Crippen molar-refractivity contribution < 1.29 is 13.2 Å². The van der Waals surface area contributed by atoms with E-state index in [1.54, 1.807) is 6.07 Å². The monoisotopic (exact) mass is 237 g/mol. The molecular weight excluding hydrogens is 224 g/mol. The molecule has 0 saturated heterocycles. The maximum absolute atomic E-state index is 13.6. The van der Waals surface area contributed by atoms with Gasteiger partial charge in [-0.1, -0.05) is 6.92 Å². The van der Waals surface area contributed by atoms with E-state index in [-0.39, 0.29) is 0 Å². The summed E-state index contributed by atoms with van der Waals surface area (Å²) in [5.74, 6) is -0.510. The van der Waals surface area contributed by atoms with Crippen molar-refractivity contribution in [2.75, 3.05) is 6.54 Å². The summed E-state index contributed by atoms with van der Waals surface area (Å²) in [4.78, 5) is 0. The molecular formula is C13H13F2NO. The number of nitrogens with one attached hydrogen (secondary N) is 1. The highest BCUT2D eigenvalue weighted by molar-refractivity contribution is 5.66. The van der Waals surface area contributed by atoms with Gasteiger partial charge in [0.2, 0.25) is 0 Å². The van der Waals surface area contributed by atoms with Gasteiger partial charge in [0.15, 0.2) is 0 Å². The highest BCUT2D eigenvalue weighted by Gasteiger charge is 2.12. The average Bonchev–Trinajstić information content (AvgIpc) is 2.74. The molecule has 0 fully saturated rings. The minimum Gasteiger partial charge on any atom is -0.467 e. The second-order valence-electron chi connectivity index (χ2n) is 3.66. The van der Waals surface area contributed by atoms with Gasteiger partial charge in [-0.05, 0) is 24.7 Å². The van der Waals surface area contributed by atoms with Crippen molar-refractivity contribution in [2.45, 2.75) is 13.5 Å². The number of hydrogen-bond acceptors (Lipinski definition) is 2. The lowest BCUT2D eigenvalue weighted by atomic mass is 10.1. The zero-order chi connectivity index (χ0) is 12.3. The minimum absolute atomic E-state index is 0.355. The van der Waals surface area contributed by atoms with Gasteiger partial charge < -0.3 is 9.73 Å². The molecule has 4 heteroatoms. The summed E-state index contributed by atoms with van der Waals surface area (Å²) in [6, 6.07) is 5.22. The molecule has 0 radical (unpaired) electrons. The summed E-state index contributed by atoms with van der Waals surface area (Å²) in [7, 11) is 0. The molecule has 2 rings (SSSR count). The lowest BCUT2D eigenvalue weighted by molar-refractivity contribution is 0.488. The summed E-state index contributed by atoms with van der Waals surface area (Å²) in [6.07, 6.45) is 1.50. The molecule has 0 atom stereocenters. The summed E-state index contributed by atoms with van der Waals surface area (Å²) < 4.78 is 31.7. The smallest absolute Gasteiger partial charge is 0.134 e. The molecule has 0 spiro atoms. The van der Waals surface area contributed by atoms with E-state index in [9.17, 15) is 8.78 Å². The Bertz CT molecular complexity index is 508. The van der Waals surface area contributed by atoms with Crippen molar-refractivity contribution in [3.63, 3.8) is 0 Å². The fraction of sp³-hybridized carbons (Fsp3) is 0.231. The molecule has 1 heterocycles. The van der Waals surface area contributed by atoms with Gasteiger partial charge in [0.25, 0.3) is 0 Å². The van der Waals surface area contributed by atoms with Gasteiger partial charge in [0.05, 0.1) is 12.8 Å². The Hall–Kier alpha value is -1.68. The molecule has 0 aliphatic carbocycles. The molecule has 0 amide bonds. The molecule has 2 nitrogen and oxygen atoms in total. The maximum Gasteiger partial charge on any atom is 0.134 e. The van der Waals surface area contributed by atoms with Crippen LogP contribution in [0.15, 0.2) is 34.9 Å². The molecule has 0 unspecified atom stereocenters. The standard InChI is InChI=1S/C13H13F2NO/c1-2-16-8-13-11(5-6-17-13)10-4-3-9(14)7-12(10)15/h3-7,16H,2,8H2,1H3. The van der Waals surface area contributed by atoms with Crippen LogP contribution in [0.5, 0.6) is 0 Å². The largest absolute Gasteiger partial charge is 0.467 e. The van der Waals surface area contributed by atoms with Crippen LogP contribution in [-0.2, 0) is 6.54 Å². The van der Waals surface area contributed by atoms with E-state index < -0.39 is 11.6 Å². The Labute approximate surface area is 98.3 Å². The third kappa shape index (κ3) is 2.53. The molecule has 0 saturated carbocycles. The molecule has 1 aromatic carbocycles. The normalized spacial score (nSPS) is 10.8. The molecule has 1 N–H and O–H groups in total. The lowest BCUT2D eigenvalue weighted by Gasteiger charge is -2.04.